The van der Waals surface area contributed by atoms with Gasteiger partial charge in [0.25, 0.3) is 0 Å². The van der Waals surface area contributed by atoms with Gasteiger partial charge in [0.1, 0.15) is 0 Å². The number of benzene rings is 1. The number of nitrogens with two attached hydrogens (primary N) is 1. The van der Waals surface area contributed by atoms with Crippen LogP contribution in [0.5, 0.6) is 0 Å². The number of hydrogen-bond donors (Lipinski definition) is 3. The van der Waals surface area contributed by atoms with Crippen molar-refractivity contribution in [3.05, 3.63) is 24.3 Å². The normalized spacial score (nSPS) is 16.6. The molecule has 0 bridgehead atoms. The molecule has 0 spiro atoms. The lowest BCUT2D eigenvalue weighted by Crippen LogP contribution is -2.65. The summed E-state index contributed by atoms with van der Waals surface area (Å²) in [6, 6.07) is 4.18. The van der Waals surface area contributed by atoms with Crippen LogP contribution >= 0.6 is 11.8 Å². The molecule has 1 aromatic rings. The van der Waals surface area contributed by atoms with Crippen molar-refractivity contribution >= 4 is 17.4 Å². The lowest BCUT2D eigenvalue weighted by atomic mass is 10.1. The van der Waals surface area contributed by atoms with Crippen molar-refractivity contribution in [3.63, 3.8) is 0 Å². The van der Waals surface area contributed by atoms with Crippen LogP contribution in [0.15, 0.2) is 29.2 Å². The molecule has 11 heteroatoms. The van der Waals surface area contributed by atoms with Gasteiger partial charge in [0.05, 0.1) is 0 Å². The van der Waals surface area contributed by atoms with Crippen molar-refractivity contribution < 1.29 is 40.9 Å². The molecule has 0 saturated heterocycles. The van der Waals surface area contributed by atoms with Gasteiger partial charge in [-0.05, 0) is 12.1 Å². The summed E-state index contributed by atoms with van der Waals surface area (Å²) in [5.74, 6) is -5.66. The van der Waals surface area contributed by atoms with Crippen molar-refractivity contribution in [3.8, 4) is 0 Å². The minimum Gasteiger partial charge on any atom is -0.398 e. The summed E-state index contributed by atoms with van der Waals surface area (Å²) in [5, 5.41) is 12.0. The first kappa shape index (κ1) is 17.9. The third kappa shape index (κ3) is 3.04. The molecule has 1 atom stereocenters. The molecule has 21 heavy (non-hydrogen) atoms. The molecule has 1 unspecified atom stereocenters. The second kappa shape index (κ2) is 5.21. The van der Waals surface area contributed by atoms with Crippen molar-refractivity contribution in [2.24, 2.45) is 0 Å². The predicted octanol–water partition coefficient (Wildman–Crippen LogP) is 2.83. The Morgan fingerprint density at radius 2 is 1.33 bits per heavy atom. The molecule has 1 aromatic carbocycles. The van der Waals surface area contributed by atoms with Gasteiger partial charge in [-0.3, -0.25) is 0 Å². The third-order valence-electron chi connectivity index (χ3n) is 2.38. The van der Waals surface area contributed by atoms with E-state index in [9.17, 15) is 30.7 Å². The summed E-state index contributed by atoms with van der Waals surface area (Å²) in [4.78, 5) is -0.728. The fourth-order valence-corrected chi connectivity index (χ4v) is 2.24. The van der Waals surface area contributed by atoms with Crippen LogP contribution in [0.1, 0.15) is 0 Å². The molecule has 4 N–H and O–H groups in total. The predicted molar refractivity (Wildman–Crippen MR) is 59.8 cm³/mol. The molecule has 1 rings (SSSR count). The Bertz CT molecular complexity index is 517. The van der Waals surface area contributed by atoms with Crippen LogP contribution in [0.4, 0.5) is 36.4 Å². The SMILES string of the molecule is Nc1ccccc1SC(F)(C(F)(F)F)C(O)(O)C(F)(F)F. The molecule has 0 amide bonds. The van der Waals surface area contributed by atoms with E-state index < -0.39 is 45.5 Å². The molecule has 120 valence electrons. The van der Waals surface area contributed by atoms with E-state index >= 15 is 0 Å². The molecule has 0 aliphatic heterocycles. The molecule has 0 saturated carbocycles. The fraction of sp³-hybridized carbons (Fsp3) is 0.400. The van der Waals surface area contributed by atoms with Crippen LogP contribution in [0.25, 0.3) is 0 Å². The Kier molecular flexibility index (Phi) is 4.43. The highest BCUT2D eigenvalue weighted by molar-refractivity contribution is 8.00. The van der Waals surface area contributed by atoms with Gasteiger partial charge in [0.15, 0.2) is 0 Å². The largest absolute Gasteiger partial charge is 0.447 e. The van der Waals surface area contributed by atoms with Crippen LogP contribution in [-0.4, -0.2) is 33.4 Å². The summed E-state index contributed by atoms with van der Waals surface area (Å²) in [6.45, 7) is 0. The maximum Gasteiger partial charge on any atom is 0.447 e. The van der Waals surface area contributed by atoms with Gasteiger partial charge in [-0.25, -0.2) is 4.39 Å². The van der Waals surface area contributed by atoms with Gasteiger partial charge in [0, 0.05) is 10.6 Å². The van der Waals surface area contributed by atoms with E-state index in [1.54, 1.807) is 0 Å². The van der Waals surface area contributed by atoms with Crippen LogP contribution in [-0.2, 0) is 0 Å². The summed E-state index contributed by atoms with van der Waals surface area (Å²) in [6.07, 6.45) is -12.5. The Balaban J connectivity index is 3.40. The smallest absolute Gasteiger partial charge is 0.398 e. The standard InChI is InChI=1S/C10H8F7NO2S/c11-7(9(12,13)14,8(19,20)10(15,16)17)21-6-4-2-1-3-5(6)18/h1-4,19-20H,18H2. The van der Waals surface area contributed by atoms with E-state index in [1.165, 1.54) is 6.07 Å². The molecule has 0 aliphatic rings. The van der Waals surface area contributed by atoms with Gasteiger partial charge in [0.2, 0.25) is 0 Å². The highest BCUT2D eigenvalue weighted by Gasteiger charge is 2.78. The second-order valence-corrected chi connectivity index (χ2v) is 5.11. The van der Waals surface area contributed by atoms with Gasteiger partial charge < -0.3 is 15.9 Å². The zero-order chi connectivity index (χ0) is 16.7. The zero-order valence-corrected chi connectivity index (χ0v) is 10.7. The van der Waals surface area contributed by atoms with Crippen molar-refractivity contribution in [2.45, 2.75) is 28.0 Å². The van der Waals surface area contributed by atoms with Crippen LogP contribution in [0.2, 0.25) is 0 Å². The summed E-state index contributed by atoms with van der Waals surface area (Å²) < 4.78 is 89.2. The Morgan fingerprint density at radius 1 is 0.857 bits per heavy atom. The van der Waals surface area contributed by atoms with Gasteiger partial charge in [-0.15, -0.1) is 0 Å². The molecular formula is C10H8F7NO2S. The molecule has 0 heterocycles. The van der Waals surface area contributed by atoms with Gasteiger partial charge in [-0.2, -0.15) is 26.3 Å². The highest BCUT2D eigenvalue weighted by Crippen LogP contribution is 2.56. The molecule has 0 aliphatic carbocycles. The topological polar surface area (TPSA) is 66.5 Å². The molecular weight excluding hydrogens is 331 g/mol. The Morgan fingerprint density at radius 3 is 1.71 bits per heavy atom. The summed E-state index contributed by atoms with van der Waals surface area (Å²) >= 11 is -1.08. The molecule has 0 radical (unpaired) electrons. The van der Waals surface area contributed by atoms with Gasteiger partial charge in [-0.1, -0.05) is 23.9 Å². The first-order valence-corrected chi connectivity index (χ1v) is 5.86. The minimum absolute atomic E-state index is 0.452. The first-order valence-electron chi connectivity index (χ1n) is 5.04. The Hall–Kier alpha value is -1.20. The van der Waals surface area contributed by atoms with Crippen LogP contribution < -0.4 is 5.73 Å². The molecule has 0 fully saturated rings. The molecule has 0 aromatic heterocycles. The summed E-state index contributed by atoms with van der Waals surface area (Å²) in [7, 11) is 0. The minimum atomic E-state index is -6.28. The van der Waals surface area contributed by atoms with Crippen LogP contribution in [0, 0.1) is 0 Å². The number of thioether (sulfide) groups is 1. The van der Waals surface area contributed by atoms with E-state index in [4.69, 9.17) is 15.9 Å². The molecule has 3 nitrogen and oxygen atoms in total. The number of alkyl halides is 7. The highest BCUT2D eigenvalue weighted by atomic mass is 32.2. The number of rotatable bonds is 3. The first-order chi connectivity index (χ1) is 9.24. The number of anilines is 1. The average molecular weight is 339 g/mol. The summed E-state index contributed by atoms with van der Waals surface area (Å²) in [5.41, 5.74) is 4.77. The van der Waals surface area contributed by atoms with Gasteiger partial charge >= 0.3 is 23.1 Å². The maximum atomic E-state index is 14.0. The third-order valence-corrected chi connectivity index (χ3v) is 3.77. The monoisotopic (exact) mass is 339 g/mol. The van der Waals surface area contributed by atoms with Crippen molar-refractivity contribution in [2.75, 3.05) is 5.73 Å². The van der Waals surface area contributed by atoms with E-state index in [0.717, 1.165) is 18.2 Å². The fourth-order valence-electron chi connectivity index (χ4n) is 1.23. The van der Waals surface area contributed by atoms with E-state index in [-0.39, 0.29) is 0 Å². The lowest BCUT2D eigenvalue weighted by molar-refractivity contribution is -0.410. The van der Waals surface area contributed by atoms with Crippen molar-refractivity contribution in [1.82, 2.24) is 0 Å². The number of hydrogen-bond acceptors (Lipinski definition) is 4. The quantitative estimate of drug-likeness (QED) is 0.343. The number of nitrogen functional groups attached to an aromatic ring is 1. The van der Waals surface area contributed by atoms with Crippen LogP contribution in [0.3, 0.4) is 0 Å². The Labute approximate surface area is 117 Å². The van der Waals surface area contributed by atoms with E-state index in [0.29, 0.717) is 0 Å². The van der Waals surface area contributed by atoms with E-state index in [2.05, 4.69) is 0 Å². The average Bonchev–Trinajstić information content (AvgIpc) is 2.28. The number of halogens is 7. The second-order valence-electron chi connectivity index (χ2n) is 3.90. The zero-order valence-electron chi connectivity index (χ0n) is 9.84. The number of para-hydroxylation sites is 1. The maximum absolute atomic E-state index is 14.0. The van der Waals surface area contributed by atoms with E-state index in [1.807, 2.05) is 0 Å². The lowest BCUT2D eigenvalue weighted by Gasteiger charge is -2.38. The van der Waals surface area contributed by atoms with Crippen molar-refractivity contribution in [1.29, 1.82) is 0 Å². The number of aliphatic hydroxyl groups is 2.